The maximum absolute atomic E-state index is 12.2. The lowest BCUT2D eigenvalue weighted by Gasteiger charge is -2.23. The van der Waals surface area contributed by atoms with Gasteiger partial charge in [-0.1, -0.05) is 49.0 Å². The number of carbonyl (C=O) groups excluding carboxylic acids is 1. The molecule has 1 amide bonds. The number of rotatable bonds is 9. The van der Waals surface area contributed by atoms with Gasteiger partial charge in [-0.15, -0.1) is 0 Å². The Kier molecular flexibility index (Phi) is 8.02. The molecule has 7 nitrogen and oxygen atoms in total. The van der Waals surface area contributed by atoms with Crippen LogP contribution >= 0.6 is 11.8 Å². The molecule has 1 atom stereocenters. The zero-order valence-electron chi connectivity index (χ0n) is 16.8. The molecule has 0 aliphatic heterocycles. The average molecular weight is 409 g/mol. The van der Waals surface area contributed by atoms with E-state index >= 15 is 0 Å². The maximum atomic E-state index is 12.2. The summed E-state index contributed by atoms with van der Waals surface area (Å²) in [6, 6.07) is 13.5. The highest BCUT2D eigenvalue weighted by Crippen LogP contribution is 2.39. The Morgan fingerprint density at radius 1 is 1.28 bits per heavy atom. The van der Waals surface area contributed by atoms with Gasteiger partial charge in [-0.2, -0.15) is 10.5 Å². The molecule has 0 radical (unpaired) electrons. The SMILES string of the molecule is CCc1c(C#N)c(SC(C(N)=O)c2ccccc2)nc(N(C)CCNC)c1C#N. The molecule has 29 heavy (non-hydrogen) atoms. The Morgan fingerprint density at radius 3 is 2.45 bits per heavy atom. The van der Waals surface area contributed by atoms with E-state index in [4.69, 9.17) is 5.73 Å². The van der Waals surface area contributed by atoms with Crippen LogP contribution in [0, 0.1) is 22.7 Å². The minimum atomic E-state index is -0.691. The summed E-state index contributed by atoms with van der Waals surface area (Å²) < 4.78 is 0. The van der Waals surface area contributed by atoms with Crippen LogP contribution in [0.2, 0.25) is 0 Å². The number of aromatic nitrogens is 1. The molecule has 0 aliphatic rings. The third-order valence-corrected chi connectivity index (χ3v) is 5.73. The van der Waals surface area contributed by atoms with E-state index in [1.165, 1.54) is 0 Å². The van der Waals surface area contributed by atoms with Crippen LogP contribution in [0.15, 0.2) is 35.4 Å². The fourth-order valence-corrected chi connectivity index (χ4v) is 4.02. The average Bonchev–Trinajstić information content (AvgIpc) is 2.74. The minimum absolute atomic E-state index is 0.321. The largest absolute Gasteiger partial charge is 0.368 e. The number of carbonyl (C=O) groups is 1. The lowest BCUT2D eigenvalue weighted by atomic mass is 10.0. The molecular weight excluding hydrogens is 384 g/mol. The third-order valence-electron chi connectivity index (χ3n) is 4.47. The monoisotopic (exact) mass is 408 g/mol. The molecule has 2 aromatic rings. The number of hydrogen-bond acceptors (Lipinski definition) is 7. The number of primary amides is 1. The molecule has 0 saturated carbocycles. The van der Waals surface area contributed by atoms with Crippen molar-refractivity contribution in [3.8, 4) is 12.1 Å². The first-order valence-electron chi connectivity index (χ1n) is 9.22. The molecule has 1 unspecified atom stereocenters. The van der Waals surface area contributed by atoms with E-state index in [-0.39, 0.29) is 0 Å². The van der Waals surface area contributed by atoms with Crippen molar-refractivity contribution in [1.29, 1.82) is 10.5 Å². The van der Waals surface area contributed by atoms with Crippen LogP contribution in [-0.4, -0.2) is 38.1 Å². The normalized spacial score (nSPS) is 11.3. The number of nitrogens with one attached hydrogen (secondary N) is 1. The quantitative estimate of drug-likeness (QED) is 0.611. The van der Waals surface area contributed by atoms with Gasteiger partial charge >= 0.3 is 0 Å². The smallest absolute Gasteiger partial charge is 0.235 e. The van der Waals surface area contributed by atoms with Crippen LogP contribution in [0.4, 0.5) is 5.82 Å². The van der Waals surface area contributed by atoms with Crippen LogP contribution in [0.3, 0.4) is 0 Å². The highest BCUT2D eigenvalue weighted by atomic mass is 32.2. The van der Waals surface area contributed by atoms with Crippen molar-refractivity contribution in [1.82, 2.24) is 10.3 Å². The van der Waals surface area contributed by atoms with E-state index in [1.54, 1.807) is 0 Å². The summed E-state index contributed by atoms with van der Waals surface area (Å²) >= 11 is 1.15. The minimum Gasteiger partial charge on any atom is -0.368 e. The maximum Gasteiger partial charge on any atom is 0.235 e. The van der Waals surface area contributed by atoms with Crippen molar-refractivity contribution < 1.29 is 4.79 Å². The number of amides is 1. The number of nitriles is 2. The molecule has 1 aromatic carbocycles. The van der Waals surface area contributed by atoms with Gasteiger partial charge in [0.05, 0.1) is 11.1 Å². The predicted octanol–water partition coefficient (Wildman–Crippen LogP) is 2.36. The van der Waals surface area contributed by atoms with Gasteiger partial charge in [-0.25, -0.2) is 4.98 Å². The van der Waals surface area contributed by atoms with E-state index in [0.717, 1.165) is 17.3 Å². The molecule has 0 aliphatic carbocycles. The first-order chi connectivity index (χ1) is 14.0. The number of anilines is 1. The number of pyridine rings is 1. The van der Waals surface area contributed by atoms with Gasteiger partial charge in [0.2, 0.25) is 5.91 Å². The first-order valence-corrected chi connectivity index (χ1v) is 10.1. The number of likely N-dealkylation sites (N-methyl/N-ethyl adjacent to an activating group) is 2. The summed E-state index contributed by atoms with van der Waals surface area (Å²) in [5, 5.41) is 22.3. The zero-order chi connectivity index (χ0) is 21.4. The summed E-state index contributed by atoms with van der Waals surface area (Å²) in [4.78, 5) is 18.7. The van der Waals surface area contributed by atoms with Gasteiger partial charge in [0, 0.05) is 20.1 Å². The number of thioether (sulfide) groups is 1. The van der Waals surface area contributed by atoms with Crippen molar-refractivity contribution in [2.75, 3.05) is 32.1 Å². The molecule has 2 rings (SSSR count). The molecule has 8 heteroatoms. The Morgan fingerprint density at radius 2 is 1.93 bits per heavy atom. The molecule has 3 N–H and O–H groups in total. The topological polar surface area (TPSA) is 119 Å². The van der Waals surface area contributed by atoms with Gasteiger partial charge in [0.1, 0.15) is 28.2 Å². The Hall–Kier alpha value is -3.07. The standard InChI is InChI=1S/C21H24N6OS/c1-4-15-16(12-22)20(27(3)11-10-25-2)26-21(17(15)13-23)29-18(19(24)28)14-8-6-5-7-9-14/h5-9,18,25H,4,10-11H2,1-3H3,(H2,24,28). The zero-order valence-corrected chi connectivity index (χ0v) is 17.6. The fraction of sp³-hybridized carbons (Fsp3) is 0.333. The summed E-state index contributed by atoms with van der Waals surface area (Å²) in [6.07, 6.45) is 0.501. The summed E-state index contributed by atoms with van der Waals surface area (Å²) in [5.41, 5.74) is 7.74. The third kappa shape index (κ3) is 5.05. The second-order valence-corrected chi connectivity index (χ2v) is 7.48. The second-order valence-electron chi connectivity index (χ2n) is 6.38. The summed E-state index contributed by atoms with van der Waals surface area (Å²) in [7, 11) is 3.70. The molecular formula is C21H24N6OS. The van der Waals surface area contributed by atoms with E-state index in [0.29, 0.717) is 47.0 Å². The summed E-state index contributed by atoms with van der Waals surface area (Å²) in [6.45, 7) is 3.24. The molecule has 0 saturated heterocycles. The van der Waals surface area contributed by atoms with Crippen molar-refractivity contribution in [2.45, 2.75) is 23.6 Å². The van der Waals surface area contributed by atoms with Crippen molar-refractivity contribution >= 4 is 23.5 Å². The van der Waals surface area contributed by atoms with Gasteiger partial charge in [-0.05, 0) is 24.6 Å². The molecule has 1 heterocycles. The van der Waals surface area contributed by atoms with Crippen LogP contribution < -0.4 is 16.0 Å². The van der Waals surface area contributed by atoms with Crippen molar-refractivity contribution in [3.05, 3.63) is 52.6 Å². The van der Waals surface area contributed by atoms with Gasteiger partial charge in [0.15, 0.2) is 0 Å². The Balaban J connectivity index is 2.62. The molecule has 150 valence electrons. The number of nitrogens with two attached hydrogens (primary N) is 1. The van der Waals surface area contributed by atoms with Crippen molar-refractivity contribution in [2.24, 2.45) is 5.73 Å². The van der Waals surface area contributed by atoms with E-state index in [1.807, 2.05) is 56.3 Å². The van der Waals surface area contributed by atoms with Gasteiger partial charge in [0.25, 0.3) is 0 Å². The van der Waals surface area contributed by atoms with E-state index in [9.17, 15) is 15.3 Å². The molecule has 0 spiro atoms. The molecule has 0 fully saturated rings. The Labute approximate surface area is 175 Å². The highest BCUT2D eigenvalue weighted by Gasteiger charge is 2.26. The number of benzene rings is 1. The summed E-state index contributed by atoms with van der Waals surface area (Å²) in [5.74, 6) is -0.0169. The highest BCUT2D eigenvalue weighted by molar-refractivity contribution is 8.00. The number of nitrogens with zero attached hydrogens (tertiary/aromatic N) is 4. The predicted molar refractivity (Wildman–Crippen MR) is 114 cm³/mol. The van der Waals surface area contributed by atoms with Gasteiger partial charge < -0.3 is 16.0 Å². The lowest BCUT2D eigenvalue weighted by molar-refractivity contribution is -0.117. The van der Waals surface area contributed by atoms with E-state index in [2.05, 4.69) is 22.4 Å². The first kappa shape index (κ1) is 22.2. The molecule has 1 aromatic heterocycles. The van der Waals surface area contributed by atoms with Crippen LogP contribution in [0.25, 0.3) is 0 Å². The molecule has 0 bridgehead atoms. The van der Waals surface area contributed by atoms with Crippen molar-refractivity contribution in [3.63, 3.8) is 0 Å². The van der Waals surface area contributed by atoms with Crippen LogP contribution in [0.5, 0.6) is 0 Å². The lowest BCUT2D eigenvalue weighted by Crippen LogP contribution is -2.29. The van der Waals surface area contributed by atoms with Crippen LogP contribution in [-0.2, 0) is 11.2 Å². The Bertz CT molecular complexity index is 948. The van der Waals surface area contributed by atoms with Crippen LogP contribution in [0.1, 0.15) is 34.4 Å². The fourth-order valence-electron chi connectivity index (χ4n) is 2.96. The van der Waals surface area contributed by atoms with Gasteiger partial charge in [-0.3, -0.25) is 4.79 Å². The second kappa shape index (κ2) is 10.5. The van der Waals surface area contributed by atoms with E-state index < -0.39 is 11.2 Å². The number of hydrogen-bond donors (Lipinski definition) is 2.